The van der Waals surface area contributed by atoms with Crippen molar-refractivity contribution in [2.24, 2.45) is 0 Å². The first kappa shape index (κ1) is 13.5. The van der Waals surface area contributed by atoms with Gasteiger partial charge >= 0.3 is 0 Å². The lowest BCUT2D eigenvalue weighted by atomic mass is 10.1. The van der Waals surface area contributed by atoms with Crippen LogP contribution in [0.25, 0.3) is 0 Å². The summed E-state index contributed by atoms with van der Waals surface area (Å²) < 4.78 is 1.13. The first-order valence-electron chi connectivity index (χ1n) is 5.46. The van der Waals surface area contributed by atoms with E-state index in [0.717, 1.165) is 27.6 Å². The van der Waals surface area contributed by atoms with Crippen LogP contribution >= 0.6 is 22.6 Å². The van der Waals surface area contributed by atoms with E-state index < -0.39 is 0 Å². The van der Waals surface area contributed by atoms with Crippen molar-refractivity contribution < 1.29 is 0 Å². The van der Waals surface area contributed by atoms with Gasteiger partial charge in [-0.3, -0.25) is 0 Å². The average molecular weight is 334 g/mol. The summed E-state index contributed by atoms with van der Waals surface area (Å²) in [5.74, 6) is 2.11. The van der Waals surface area contributed by atoms with Crippen LogP contribution in [-0.4, -0.2) is 30.6 Å². The molecule has 1 aromatic heterocycles. The molecule has 1 rings (SSSR count). The molecule has 0 bridgehead atoms. The normalized spacial score (nSPS) is 10.7. The molecule has 1 N–H and O–H groups in total. The number of nitrogens with one attached hydrogen (secondary N) is 1. The van der Waals surface area contributed by atoms with Gasteiger partial charge in [0.25, 0.3) is 0 Å². The Kier molecular flexibility index (Phi) is 4.76. The van der Waals surface area contributed by atoms with Crippen LogP contribution in [0.5, 0.6) is 0 Å². The van der Waals surface area contributed by atoms with Gasteiger partial charge < -0.3 is 10.2 Å². The van der Waals surface area contributed by atoms with Crippen LogP contribution in [0.15, 0.2) is 0 Å². The fraction of sp³-hybridized carbons (Fsp3) is 0.636. The van der Waals surface area contributed by atoms with Gasteiger partial charge in [0.05, 0.1) is 9.26 Å². The Morgan fingerprint density at radius 3 is 2.38 bits per heavy atom. The zero-order valence-corrected chi connectivity index (χ0v) is 12.7. The zero-order valence-electron chi connectivity index (χ0n) is 10.5. The van der Waals surface area contributed by atoms with Gasteiger partial charge in [-0.1, -0.05) is 13.8 Å². The second-order valence-electron chi connectivity index (χ2n) is 4.15. The van der Waals surface area contributed by atoms with Gasteiger partial charge in [0.2, 0.25) is 5.95 Å². The molecule has 0 amide bonds. The Bertz CT molecular complexity index is 363. The molecule has 0 aliphatic heterocycles. The number of anilines is 2. The molecule has 90 valence electrons. The van der Waals surface area contributed by atoms with E-state index >= 15 is 0 Å². The third-order valence-electron chi connectivity index (χ3n) is 2.16. The van der Waals surface area contributed by atoms with Crippen LogP contribution in [0.3, 0.4) is 0 Å². The number of rotatable bonds is 4. The lowest BCUT2D eigenvalue weighted by Gasteiger charge is -2.17. The molecule has 0 fully saturated rings. The topological polar surface area (TPSA) is 41.1 Å². The van der Waals surface area contributed by atoms with Gasteiger partial charge in [0.1, 0.15) is 5.82 Å². The summed E-state index contributed by atoms with van der Waals surface area (Å²) >= 11 is 2.31. The van der Waals surface area contributed by atoms with Crippen molar-refractivity contribution in [3.8, 4) is 0 Å². The zero-order chi connectivity index (χ0) is 12.3. The molecule has 0 aromatic carbocycles. The second kappa shape index (κ2) is 5.65. The highest BCUT2D eigenvalue weighted by Gasteiger charge is 2.15. The largest absolute Gasteiger partial charge is 0.369 e. The van der Waals surface area contributed by atoms with Gasteiger partial charge in [-0.2, -0.15) is 4.98 Å². The Morgan fingerprint density at radius 1 is 1.31 bits per heavy atom. The maximum atomic E-state index is 4.58. The average Bonchev–Trinajstić information content (AvgIpc) is 2.20. The molecule has 0 saturated heterocycles. The third kappa shape index (κ3) is 2.96. The standard InChI is InChI=1S/C11H19IN4/c1-6-13-10-8(12)9(7(2)3)14-11(15-10)16(4)5/h7H,6H2,1-5H3,(H,13,14,15). The number of halogens is 1. The van der Waals surface area contributed by atoms with Gasteiger partial charge in [-0.25, -0.2) is 4.98 Å². The SMILES string of the molecule is CCNc1nc(N(C)C)nc(C(C)C)c1I. The van der Waals surface area contributed by atoms with E-state index in [1.54, 1.807) is 0 Å². The monoisotopic (exact) mass is 334 g/mol. The van der Waals surface area contributed by atoms with E-state index in [1.165, 1.54) is 0 Å². The minimum Gasteiger partial charge on any atom is -0.369 e. The van der Waals surface area contributed by atoms with Crippen LogP contribution in [0.1, 0.15) is 32.4 Å². The number of aromatic nitrogens is 2. The molecule has 0 atom stereocenters. The third-order valence-corrected chi connectivity index (χ3v) is 3.22. The van der Waals surface area contributed by atoms with Crippen LogP contribution in [0.4, 0.5) is 11.8 Å². The van der Waals surface area contributed by atoms with Gasteiger partial charge in [-0.15, -0.1) is 0 Å². The first-order valence-corrected chi connectivity index (χ1v) is 6.53. The molecule has 0 unspecified atom stereocenters. The van der Waals surface area contributed by atoms with Crippen molar-refractivity contribution in [2.45, 2.75) is 26.7 Å². The van der Waals surface area contributed by atoms with Crippen molar-refractivity contribution in [2.75, 3.05) is 30.9 Å². The van der Waals surface area contributed by atoms with Crippen LogP contribution < -0.4 is 10.2 Å². The van der Waals surface area contributed by atoms with Crippen molar-refractivity contribution in [3.63, 3.8) is 0 Å². The van der Waals surface area contributed by atoms with Crippen LogP contribution in [0.2, 0.25) is 0 Å². The second-order valence-corrected chi connectivity index (χ2v) is 5.23. The van der Waals surface area contributed by atoms with E-state index in [0.29, 0.717) is 5.92 Å². The molecule has 0 saturated carbocycles. The quantitative estimate of drug-likeness (QED) is 0.860. The maximum absolute atomic E-state index is 4.58. The van der Waals surface area contributed by atoms with Crippen molar-refractivity contribution in [1.82, 2.24) is 9.97 Å². The van der Waals surface area contributed by atoms with Crippen LogP contribution in [0, 0.1) is 3.57 Å². The molecule has 0 radical (unpaired) electrons. The van der Waals surface area contributed by atoms with Crippen molar-refractivity contribution >= 4 is 34.4 Å². The van der Waals surface area contributed by atoms with E-state index in [9.17, 15) is 0 Å². The molecule has 0 spiro atoms. The lowest BCUT2D eigenvalue weighted by molar-refractivity contribution is 0.798. The van der Waals surface area contributed by atoms with E-state index in [2.05, 4.69) is 58.6 Å². The van der Waals surface area contributed by atoms with Gasteiger partial charge in [-0.05, 0) is 35.4 Å². The van der Waals surface area contributed by atoms with Gasteiger partial charge in [0.15, 0.2) is 0 Å². The summed E-state index contributed by atoms with van der Waals surface area (Å²) in [5.41, 5.74) is 1.11. The Morgan fingerprint density at radius 2 is 1.94 bits per heavy atom. The molecule has 4 nitrogen and oxygen atoms in total. The van der Waals surface area contributed by atoms with E-state index in [-0.39, 0.29) is 0 Å². The molecule has 5 heteroatoms. The Balaban J connectivity index is 3.27. The highest BCUT2D eigenvalue weighted by Crippen LogP contribution is 2.26. The highest BCUT2D eigenvalue weighted by atomic mass is 127. The fourth-order valence-electron chi connectivity index (χ4n) is 1.32. The number of nitrogens with zero attached hydrogens (tertiary/aromatic N) is 3. The minimum absolute atomic E-state index is 0.408. The molecule has 0 aliphatic carbocycles. The van der Waals surface area contributed by atoms with Crippen LogP contribution in [-0.2, 0) is 0 Å². The Hall–Kier alpha value is -0.590. The molecule has 16 heavy (non-hydrogen) atoms. The van der Waals surface area contributed by atoms with Gasteiger partial charge in [0, 0.05) is 20.6 Å². The fourth-order valence-corrected chi connectivity index (χ4v) is 2.37. The maximum Gasteiger partial charge on any atom is 0.227 e. The minimum atomic E-state index is 0.408. The summed E-state index contributed by atoms with van der Waals surface area (Å²) in [4.78, 5) is 11.0. The van der Waals surface area contributed by atoms with Crippen molar-refractivity contribution in [1.29, 1.82) is 0 Å². The molecule has 0 aliphatic rings. The predicted molar refractivity (Wildman–Crippen MR) is 77.3 cm³/mol. The summed E-state index contributed by atoms with van der Waals surface area (Å²) in [6, 6.07) is 0. The molecular weight excluding hydrogens is 315 g/mol. The molecule has 1 heterocycles. The number of hydrogen-bond acceptors (Lipinski definition) is 4. The van der Waals surface area contributed by atoms with E-state index in [4.69, 9.17) is 0 Å². The van der Waals surface area contributed by atoms with E-state index in [1.807, 2.05) is 19.0 Å². The Labute approximate surface area is 111 Å². The molecule has 1 aromatic rings. The first-order chi connectivity index (χ1) is 7.47. The summed E-state index contributed by atoms with van der Waals surface area (Å²) in [6.45, 7) is 7.25. The predicted octanol–water partition coefficient (Wildman–Crippen LogP) is 2.70. The molecular formula is C11H19IN4. The summed E-state index contributed by atoms with van der Waals surface area (Å²) in [5, 5.41) is 3.28. The summed E-state index contributed by atoms with van der Waals surface area (Å²) in [7, 11) is 3.92. The summed E-state index contributed by atoms with van der Waals surface area (Å²) in [6.07, 6.45) is 0. The van der Waals surface area contributed by atoms with Crippen molar-refractivity contribution in [3.05, 3.63) is 9.26 Å². The highest BCUT2D eigenvalue weighted by molar-refractivity contribution is 14.1. The smallest absolute Gasteiger partial charge is 0.227 e. The number of hydrogen-bond donors (Lipinski definition) is 1. The lowest BCUT2D eigenvalue weighted by Crippen LogP contribution is -2.17.